The maximum atomic E-state index is 12.7. The van der Waals surface area contributed by atoms with E-state index in [1.54, 1.807) is 30.3 Å². The van der Waals surface area contributed by atoms with Crippen molar-refractivity contribution < 1.29 is 32.2 Å². The Morgan fingerprint density at radius 3 is 2.52 bits per heavy atom. The summed E-state index contributed by atoms with van der Waals surface area (Å²) in [6.07, 6.45) is 4.35. The van der Waals surface area contributed by atoms with E-state index in [-0.39, 0.29) is 4.90 Å². The molecule has 1 heterocycles. The van der Waals surface area contributed by atoms with Crippen LogP contribution in [0.5, 0.6) is 11.5 Å². The number of hydrogen-bond donors (Lipinski definition) is 1. The number of anilines is 1. The summed E-state index contributed by atoms with van der Waals surface area (Å²) in [5.41, 5.74) is 0.936. The van der Waals surface area contributed by atoms with Gasteiger partial charge in [-0.3, -0.25) is 4.79 Å². The highest BCUT2D eigenvalue weighted by atomic mass is 32.2. The fourth-order valence-corrected chi connectivity index (χ4v) is 4.87. The monoisotopic (exact) mass is 474 g/mol. The summed E-state index contributed by atoms with van der Waals surface area (Å²) in [7, 11) is -0.560. The molecular formula is C23H26N2O7S. The van der Waals surface area contributed by atoms with Crippen molar-refractivity contribution in [3.8, 4) is 11.5 Å². The van der Waals surface area contributed by atoms with Crippen LogP contribution in [0.15, 0.2) is 53.4 Å². The van der Waals surface area contributed by atoms with Crippen molar-refractivity contribution in [1.82, 2.24) is 4.31 Å². The molecule has 3 rings (SSSR count). The molecule has 0 unspecified atom stereocenters. The predicted octanol–water partition coefficient (Wildman–Crippen LogP) is 2.68. The molecule has 10 heteroatoms. The molecule has 1 amide bonds. The Kier molecular flexibility index (Phi) is 8.07. The molecule has 33 heavy (non-hydrogen) atoms. The first-order valence-electron chi connectivity index (χ1n) is 10.3. The van der Waals surface area contributed by atoms with Crippen LogP contribution in [-0.2, 0) is 24.3 Å². The standard InChI is InChI=1S/C23H26N2O7S/c1-30-19-10-8-17(21(15-19)31-2)9-11-23(27)32-16-22(26)24-18-6-5-7-20(14-18)33(28,29)25-12-3-4-13-25/h5-11,14-15H,3-4,12-13,16H2,1-2H3,(H,24,26)/b11-9+. The van der Waals surface area contributed by atoms with Gasteiger partial charge in [0.25, 0.3) is 5.91 Å². The second kappa shape index (κ2) is 11.0. The topological polar surface area (TPSA) is 111 Å². The molecule has 0 atom stereocenters. The number of carbonyl (C=O) groups excluding carboxylic acids is 2. The molecule has 1 aliphatic heterocycles. The largest absolute Gasteiger partial charge is 0.497 e. The van der Waals surface area contributed by atoms with Gasteiger partial charge in [-0.05, 0) is 49.2 Å². The Labute approximate surface area is 193 Å². The second-order valence-electron chi connectivity index (χ2n) is 7.24. The van der Waals surface area contributed by atoms with Crippen LogP contribution in [0.3, 0.4) is 0 Å². The first kappa shape index (κ1) is 24.3. The van der Waals surface area contributed by atoms with Crippen molar-refractivity contribution in [3.63, 3.8) is 0 Å². The van der Waals surface area contributed by atoms with Gasteiger partial charge in [0.2, 0.25) is 10.0 Å². The van der Waals surface area contributed by atoms with Gasteiger partial charge in [0.1, 0.15) is 11.5 Å². The van der Waals surface area contributed by atoms with Crippen molar-refractivity contribution in [2.24, 2.45) is 0 Å². The number of hydrogen-bond acceptors (Lipinski definition) is 7. The maximum absolute atomic E-state index is 12.7. The highest BCUT2D eigenvalue weighted by Crippen LogP contribution is 2.26. The predicted molar refractivity (Wildman–Crippen MR) is 123 cm³/mol. The summed E-state index contributed by atoms with van der Waals surface area (Å²) in [6, 6.07) is 11.1. The minimum atomic E-state index is -3.60. The van der Waals surface area contributed by atoms with E-state index >= 15 is 0 Å². The summed E-state index contributed by atoms with van der Waals surface area (Å²) in [4.78, 5) is 24.3. The number of amides is 1. The molecule has 2 aromatic rings. The molecule has 0 radical (unpaired) electrons. The molecule has 1 aliphatic rings. The molecular weight excluding hydrogens is 448 g/mol. The average Bonchev–Trinajstić information content (AvgIpc) is 3.37. The molecule has 1 N–H and O–H groups in total. The van der Waals surface area contributed by atoms with Crippen LogP contribution in [0.4, 0.5) is 5.69 Å². The van der Waals surface area contributed by atoms with Crippen molar-refractivity contribution in [2.75, 3.05) is 39.2 Å². The molecule has 9 nitrogen and oxygen atoms in total. The van der Waals surface area contributed by atoms with E-state index in [2.05, 4.69) is 5.32 Å². The van der Waals surface area contributed by atoms with E-state index in [9.17, 15) is 18.0 Å². The van der Waals surface area contributed by atoms with E-state index in [1.165, 1.54) is 42.8 Å². The third-order valence-electron chi connectivity index (χ3n) is 5.01. The Bertz CT molecular complexity index is 1140. The van der Waals surface area contributed by atoms with Crippen molar-refractivity contribution in [1.29, 1.82) is 0 Å². The van der Waals surface area contributed by atoms with Crippen LogP contribution < -0.4 is 14.8 Å². The normalized spacial score (nSPS) is 14.2. The van der Waals surface area contributed by atoms with Gasteiger partial charge in [-0.2, -0.15) is 4.31 Å². The highest BCUT2D eigenvalue weighted by molar-refractivity contribution is 7.89. The summed E-state index contributed by atoms with van der Waals surface area (Å²) in [5.74, 6) is -0.177. The van der Waals surface area contributed by atoms with Crippen LogP contribution in [0.1, 0.15) is 18.4 Å². The minimum Gasteiger partial charge on any atom is -0.497 e. The van der Waals surface area contributed by atoms with E-state index < -0.39 is 28.5 Å². The number of benzene rings is 2. The van der Waals surface area contributed by atoms with E-state index in [1.807, 2.05) is 0 Å². The first-order chi connectivity index (χ1) is 15.8. The van der Waals surface area contributed by atoms with Gasteiger partial charge in [0, 0.05) is 36.5 Å². The first-order valence-corrected chi connectivity index (χ1v) is 11.7. The van der Waals surface area contributed by atoms with Crippen LogP contribution >= 0.6 is 0 Å². The van der Waals surface area contributed by atoms with Crippen molar-refractivity contribution in [2.45, 2.75) is 17.7 Å². The lowest BCUT2D eigenvalue weighted by Crippen LogP contribution is -2.28. The summed E-state index contributed by atoms with van der Waals surface area (Å²) in [5, 5.41) is 2.55. The molecule has 0 saturated carbocycles. The lowest BCUT2D eigenvalue weighted by atomic mass is 10.2. The Morgan fingerprint density at radius 1 is 1.06 bits per heavy atom. The van der Waals surface area contributed by atoms with Crippen LogP contribution in [0.2, 0.25) is 0 Å². The molecule has 0 spiro atoms. The van der Waals surface area contributed by atoms with Gasteiger partial charge in [0.05, 0.1) is 19.1 Å². The van der Waals surface area contributed by atoms with Crippen molar-refractivity contribution in [3.05, 3.63) is 54.1 Å². The van der Waals surface area contributed by atoms with Gasteiger partial charge in [0.15, 0.2) is 6.61 Å². The lowest BCUT2D eigenvalue weighted by Gasteiger charge is -2.16. The van der Waals surface area contributed by atoms with Crippen LogP contribution in [0, 0.1) is 0 Å². The number of esters is 1. The molecule has 1 fully saturated rings. The van der Waals surface area contributed by atoms with Gasteiger partial charge in [-0.1, -0.05) is 6.07 Å². The molecule has 0 aliphatic carbocycles. The molecule has 1 saturated heterocycles. The SMILES string of the molecule is COc1ccc(/C=C/C(=O)OCC(=O)Nc2cccc(S(=O)(=O)N3CCCC3)c2)c(OC)c1. The summed E-state index contributed by atoms with van der Waals surface area (Å²) >= 11 is 0. The minimum absolute atomic E-state index is 0.107. The number of sulfonamides is 1. The van der Waals surface area contributed by atoms with Gasteiger partial charge in [-0.15, -0.1) is 0 Å². The Morgan fingerprint density at radius 2 is 1.82 bits per heavy atom. The zero-order valence-corrected chi connectivity index (χ0v) is 19.3. The Hall–Kier alpha value is -3.37. The quantitative estimate of drug-likeness (QED) is 0.439. The number of nitrogens with one attached hydrogen (secondary N) is 1. The average molecular weight is 475 g/mol. The molecule has 2 aromatic carbocycles. The second-order valence-corrected chi connectivity index (χ2v) is 9.17. The van der Waals surface area contributed by atoms with Crippen molar-refractivity contribution >= 4 is 33.7 Å². The van der Waals surface area contributed by atoms with Gasteiger partial charge in [-0.25, -0.2) is 13.2 Å². The van der Waals surface area contributed by atoms with Gasteiger partial charge >= 0.3 is 5.97 Å². The Balaban J connectivity index is 1.55. The van der Waals surface area contributed by atoms with Crippen LogP contribution in [0.25, 0.3) is 6.08 Å². The maximum Gasteiger partial charge on any atom is 0.331 e. The zero-order chi connectivity index (χ0) is 23.8. The van der Waals surface area contributed by atoms with Crippen LogP contribution in [-0.4, -0.2) is 58.5 Å². The summed E-state index contributed by atoms with van der Waals surface area (Å²) in [6.45, 7) is 0.460. The number of ether oxygens (including phenoxy) is 3. The van der Waals surface area contributed by atoms with E-state index in [0.29, 0.717) is 35.8 Å². The number of nitrogens with zero attached hydrogens (tertiary/aromatic N) is 1. The fraction of sp³-hybridized carbons (Fsp3) is 0.304. The zero-order valence-electron chi connectivity index (χ0n) is 18.4. The molecule has 176 valence electrons. The number of methoxy groups -OCH3 is 2. The van der Waals surface area contributed by atoms with E-state index in [0.717, 1.165) is 12.8 Å². The number of carbonyl (C=O) groups is 2. The van der Waals surface area contributed by atoms with E-state index in [4.69, 9.17) is 14.2 Å². The van der Waals surface area contributed by atoms with Gasteiger partial charge < -0.3 is 19.5 Å². The third kappa shape index (κ3) is 6.33. The summed E-state index contributed by atoms with van der Waals surface area (Å²) < 4.78 is 42.1. The molecule has 0 bridgehead atoms. The smallest absolute Gasteiger partial charge is 0.331 e. The molecule has 0 aromatic heterocycles. The highest BCUT2D eigenvalue weighted by Gasteiger charge is 2.27. The fourth-order valence-electron chi connectivity index (χ4n) is 3.31. The third-order valence-corrected chi connectivity index (χ3v) is 6.90. The number of rotatable bonds is 9. The lowest BCUT2D eigenvalue weighted by molar-refractivity contribution is -0.142.